The van der Waals surface area contributed by atoms with Crippen LogP contribution in [0.1, 0.15) is 73.8 Å². The summed E-state index contributed by atoms with van der Waals surface area (Å²) in [6.45, 7) is 3.54. The molecule has 4 heterocycles. The smallest absolute Gasteiger partial charge is 0.248 e. The molecule has 2 unspecified atom stereocenters. The van der Waals surface area contributed by atoms with Crippen molar-refractivity contribution >= 4 is 23.3 Å². The quantitative estimate of drug-likeness (QED) is 0.357. The molecule has 1 saturated heterocycles. The van der Waals surface area contributed by atoms with Gasteiger partial charge in [0.25, 0.3) is 0 Å². The van der Waals surface area contributed by atoms with Crippen LogP contribution >= 0.6 is 0 Å². The molecule has 8 heteroatoms. The Hall–Kier alpha value is -3.65. The molecule has 41 heavy (non-hydrogen) atoms. The van der Waals surface area contributed by atoms with Crippen LogP contribution in [0.2, 0.25) is 0 Å². The summed E-state index contributed by atoms with van der Waals surface area (Å²) in [5.74, 6) is 1.60. The van der Waals surface area contributed by atoms with Gasteiger partial charge in [-0.15, -0.1) is 5.10 Å². The van der Waals surface area contributed by atoms with Crippen molar-refractivity contribution in [2.24, 2.45) is 0 Å². The number of nitrogens with two attached hydrogens (primary N) is 1. The Morgan fingerprint density at radius 2 is 1.85 bits per heavy atom. The lowest BCUT2D eigenvalue weighted by Crippen LogP contribution is -2.32. The SMILES string of the molecule is Nc1nc(Nc2ccc3c(c2)CCC(N2CCCC2)CC3)nn1-c1cc(C23C=CC(=CC2)CC3)c2c(n1)CCCN2. The highest BCUT2D eigenvalue weighted by molar-refractivity contribution is 5.65. The van der Waals surface area contributed by atoms with E-state index in [2.05, 4.69) is 63.0 Å². The highest BCUT2D eigenvalue weighted by Gasteiger charge is 2.38. The van der Waals surface area contributed by atoms with Crippen molar-refractivity contribution in [1.29, 1.82) is 0 Å². The Balaban J connectivity index is 1.07. The zero-order chi connectivity index (χ0) is 27.4. The Bertz CT molecular complexity index is 1540. The van der Waals surface area contributed by atoms with Gasteiger partial charge in [0.1, 0.15) is 0 Å². The molecule has 2 aliphatic heterocycles. The lowest BCUT2D eigenvalue weighted by atomic mass is 9.65. The third-order valence-corrected chi connectivity index (χ3v) is 10.2. The van der Waals surface area contributed by atoms with Gasteiger partial charge >= 0.3 is 0 Å². The molecule has 4 aliphatic carbocycles. The van der Waals surface area contributed by atoms with Gasteiger partial charge in [-0.2, -0.15) is 9.67 Å². The molecule has 4 N–H and O–H groups in total. The molecule has 6 aliphatic rings. The highest BCUT2D eigenvalue weighted by atomic mass is 15.4. The van der Waals surface area contributed by atoms with E-state index >= 15 is 0 Å². The first-order valence-corrected chi connectivity index (χ1v) is 15.7. The summed E-state index contributed by atoms with van der Waals surface area (Å²) in [5.41, 5.74) is 15.5. The molecular formula is C33H40N8. The van der Waals surface area contributed by atoms with Gasteiger partial charge in [0.2, 0.25) is 11.9 Å². The van der Waals surface area contributed by atoms with Gasteiger partial charge in [-0.05, 0) is 119 Å². The predicted octanol–water partition coefficient (Wildman–Crippen LogP) is 5.61. The van der Waals surface area contributed by atoms with E-state index < -0.39 is 0 Å². The minimum atomic E-state index is -0.0000831. The van der Waals surface area contributed by atoms with E-state index in [1.165, 1.54) is 66.7 Å². The standard InChI is InChI=1S/C33H40N8/c34-31-38-32(36-25-8-5-23-6-9-26(10-7-24(23)20-25)40-18-1-2-19-40)39-41(31)29-21-27(30-28(37-29)4-3-17-35-30)33-14-11-22(12-15-33)13-16-33/h5,8,11-12,14,20-21,26,35H,1-4,6-7,9-10,13,15-19H2,(H3,34,36,38,39). The summed E-state index contributed by atoms with van der Waals surface area (Å²) in [4.78, 5) is 12.4. The number of aromatic nitrogens is 4. The van der Waals surface area contributed by atoms with Crippen LogP contribution < -0.4 is 16.4 Å². The second-order valence-electron chi connectivity index (χ2n) is 12.6. The van der Waals surface area contributed by atoms with Crippen LogP contribution in [0.3, 0.4) is 0 Å². The number of fused-ring (bicyclic) bond motifs is 4. The van der Waals surface area contributed by atoms with Gasteiger partial charge in [-0.25, -0.2) is 4.98 Å². The monoisotopic (exact) mass is 548 g/mol. The van der Waals surface area contributed by atoms with Crippen LogP contribution in [0.15, 0.2) is 48.1 Å². The van der Waals surface area contributed by atoms with Crippen LogP contribution in [-0.4, -0.2) is 50.3 Å². The Kier molecular flexibility index (Phi) is 6.13. The summed E-state index contributed by atoms with van der Waals surface area (Å²) < 4.78 is 1.71. The number of pyridine rings is 1. The summed E-state index contributed by atoms with van der Waals surface area (Å²) in [6.07, 6.45) is 19.9. The zero-order valence-electron chi connectivity index (χ0n) is 23.8. The fourth-order valence-corrected chi connectivity index (χ4v) is 7.84. The van der Waals surface area contributed by atoms with Gasteiger partial charge in [0, 0.05) is 23.7 Å². The van der Waals surface area contributed by atoms with Crippen molar-refractivity contribution < 1.29 is 0 Å². The van der Waals surface area contributed by atoms with E-state index in [0.29, 0.717) is 11.9 Å². The number of nitrogens with one attached hydrogen (secondary N) is 2. The van der Waals surface area contributed by atoms with Crippen LogP contribution in [0.5, 0.6) is 0 Å². The topological polar surface area (TPSA) is 96.9 Å². The first-order valence-electron chi connectivity index (χ1n) is 15.7. The van der Waals surface area contributed by atoms with E-state index in [9.17, 15) is 0 Å². The fourth-order valence-electron chi connectivity index (χ4n) is 7.84. The molecular weight excluding hydrogens is 508 g/mol. The van der Waals surface area contributed by atoms with E-state index in [4.69, 9.17) is 15.8 Å². The van der Waals surface area contributed by atoms with Gasteiger partial charge < -0.3 is 21.3 Å². The summed E-state index contributed by atoms with van der Waals surface area (Å²) in [5, 5.41) is 11.9. The number of nitrogens with zero attached hydrogens (tertiary/aromatic N) is 5. The molecule has 0 amide bonds. The molecule has 0 spiro atoms. The number of rotatable bonds is 5. The highest BCUT2D eigenvalue weighted by Crippen LogP contribution is 2.48. The molecule has 0 saturated carbocycles. The largest absolute Gasteiger partial charge is 0.383 e. The van der Waals surface area contributed by atoms with E-state index in [1.54, 1.807) is 4.68 Å². The first-order chi connectivity index (χ1) is 20.1. The fraction of sp³-hybridized carbons (Fsp3) is 0.485. The van der Waals surface area contributed by atoms with Crippen LogP contribution in [0, 0.1) is 0 Å². The van der Waals surface area contributed by atoms with Gasteiger partial charge in [0.05, 0.1) is 11.4 Å². The Labute approximate surface area is 242 Å². The molecule has 3 aromatic rings. The van der Waals surface area contributed by atoms with E-state index in [-0.39, 0.29) is 5.41 Å². The lowest BCUT2D eigenvalue weighted by molar-refractivity contribution is 0.222. The second-order valence-corrected chi connectivity index (χ2v) is 12.6. The molecule has 1 fully saturated rings. The molecule has 9 rings (SSSR count). The normalized spacial score (nSPS) is 25.3. The predicted molar refractivity (Wildman–Crippen MR) is 164 cm³/mol. The average molecular weight is 549 g/mol. The molecule has 1 aromatic carbocycles. The number of hydrogen-bond acceptors (Lipinski definition) is 7. The van der Waals surface area contributed by atoms with Crippen molar-refractivity contribution in [3.63, 3.8) is 0 Å². The maximum absolute atomic E-state index is 6.48. The first kappa shape index (κ1) is 25.1. The van der Waals surface area contributed by atoms with Crippen LogP contribution in [0.4, 0.5) is 23.3 Å². The maximum atomic E-state index is 6.48. The number of anilines is 4. The molecule has 2 atom stereocenters. The summed E-state index contributed by atoms with van der Waals surface area (Å²) >= 11 is 0. The molecule has 212 valence electrons. The Morgan fingerprint density at radius 1 is 0.976 bits per heavy atom. The molecule has 2 aromatic heterocycles. The molecule has 8 nitrogen and oxygen atoms in total. The molecule has 2 bridgehead atoms. The van der Waals surface area contributed by atoms with Gasteiger partial charge in [0.15, 0.2) is 5.82 Å². The third kappa shape index (κ3) is 4.53. The summed E-state index contributed by atoms with van der Waals surface area (Å²) in [6, 6.07) is 9.65. The third-order valence-electron chi connectivity index (χ3n) is 10.2. The lowest BCUT2D eigenvalue weighted by Gasteiger charge is -2.40. The number of likely N-dealkylation sites (tertiary alicyclic amines) is 1. The van der Waals surface area contributed by atoms with Gasteiger partial charge in [-0.1, -0.05) is 29.9 Å². The minimum Gasteiger partial charge on any atom is -0.383 e. The number of benzene rings is 1. The van der Waals surface area contributed by atoms with Gasteiger partial charge in [-0.3, -0.25) is 0 Å². The second kappa shape index (κ2) is 10.0. The number of aryl methyl sites for hydroxylation is 3. The van der Waals surface area contributed by atoms with E-state index in [1.807, 2.05) is 0 Å². The number of nitrogen functional groups attached to an aromatic ring is 1. The number of hydrogen-bond donors (Lipinski definition) is 3. The van der Waals surface area contributed by atoms with Crippen molar-refractivity contribution in [3.05, 3.63) is 70.5 Å². The van der Waals surface area contributed by atoms with Crippen molar-refractivity contribution in [2.75, 3.05) is 36.0 Å². The molecule has 0 radical (unpaired) electrons. The van der Waals surface area contributed by atoms with Crippen molar-refractivity contribution in [2.45, 2.75) is 82.1 Å². The van der Waals surface area contributed by atoms with E-state index in [0.717, 1.165) is 74.7 Å². The maximum Gasteiger partial charge on any atom is 0.248 e. The van der Waals surface area contributed by atoms with Crippen LogP contribution in [0.25, 0.3) is 5.82 Å². The van der Waals surface area contributed by atoms with Crippen molar-refractivity contribution in [3.8, 4) is 5.82 Å². The Morgan fingerprint density at radius 3 is 2.66 bits per heavy atom. The summed E-state index contributed by atoms with van der Waals surface area (Å²) in [7, 11) is 0. The van der Waals surface area contributed by atoms with Crippen molar-refractivity contribution in [1.82, 2.24) is 24.6 Å². The zero-order valence-corrected chi connectivity index (χ0v) is 23.8. The van der Waals surface area contributed by atoms with Crippen LogP contribution in [-0.2, 0) is 24.7 Å². The minimum absolute atomic E-state index is 0.0000831. The number of allylic oxidation sites excluding steroid dienone is 4. The average Bonchev–Trinajstić information content (AvgIpc) is 3.63.